The molecule has 0 saturated heterocycles. The number of aromatic nitrogens is 5. The lowest BCUT2D eigenvalue weighted by Gasteiger charge is -2.15. The van der Waals surface area contributed by atoms with E-state index in [-0.39, 0.29) is 23.1 Å². The van der Waals surface area contributed by atoms with Gasteiger partial charge in [0.15, 0.2) is 23.1 Å². The largest absolute Gasteiger partial charge is 0.494 e. The Hall–Kier alpha value is -4.02. The molecule has 0 bridgehead atoms. The first-order chi connectivity index (χ1) is 16.1. The maximum absolute atomic E-state index is 12.6. The molecule has 1 aliphatic carbocycles. The summed E-state index contributed by atoms with van der Waals surface area (Å²) in [5.41, 5.74) is 7.01. The molecule has 0 spiro atoms. The van der Waals surface area contributed by atoms with Crippen LogP contribution in [0, 0.1) is 5.92 Å². The van der Waals surface area contributed by atoms with E-state index >= 15 is 0 Å². The van der Waals surface area contributed by atoms with Crippen LogP contribution in [-0.2, 0) is 7.05 Å². The Kier molecular flexibility index (Phi) is 4.53. The number of nitrogens with two attached hydrogens (primary N) is 1. The average Bonchev–Trinajstić information content (AvgIpc) is 3.53. The molecule has 2 aromatic heterocycles. The van der Waals surface area contributed by atoms with Gasteiger partial charge in [-0.3, -0.25) is 9.48 Å². The van der Waals surface area contributed by atoms with Gasteiger partial charge in [0, 0.05) is 30.1 Å². The van der Waals surface area contributed by atoms with E-state index in [0.717, 1.165) is 12.8 Å². The Balaban J connectivity index is 1.76. The number of hydrogen-bond acceptors (Lipinski definition) is 8. The molecule has 2 heterocycles. The highest BCUT2D eigenvalue weighted by atomic mass is 16.5. The van der Waals surface area contributed by atoms with Crippen molar-refractivity contribution in [2.75, 3.05) is 19.4 Å². The van der Waals surface area contributed by atoms with Gasteiger partial charge in [-0.25, -0.2) is 9.98 Å². The number of nitrogens with one attached hydrogen (secondary N) is 2. The van der Waals surface area contributed by atoms with Crippen LogP contribution in [0.25, 0.3) is 11.4 Å². The summed E-state index contributed by atoms with van der Waals surface area (Å²) in [6, 6.07) is 6.75. The summed E-state index contributed by atoms with van der Waals surface area (Å²) >= 11 is 0. The minimum atomic E-state index is -2.70. The van der Waals surface area contributed by atoms with Crippen molar-refractivity contribution in [2.45, 2.75) is 12.8 Å². The number of carbonyl (C=O) groups excluding carboxylic acids is 1. The van der Waals surface area contributed by atoms with E-state index in [9.17, 15) is 4.79 Å². The molecular formula is C20H23N9O2. The summed E-state index contributed by atoms with van der Waals surface area (Å²) in [5.74, 6) is 0.746. The van der Waals surface area contributed by atoms with Crippen molar-refractivity contribution in [1.29, 1.82) is 0 Å². The van der Waals surface area contributed by atoms with Gasteiger partial charge in [0.25, 0.3) is 5.91 Å². The zero-order valence-corrected chi connectivity index (χ0v) is 17.0. The van der Waals surface area contributed by atoms with Crippen LogP contribution in [0.15, 0.2) is 35.6 Å². The summed E-state index contributed by atoms with van der Waals surface area (Å²) in [6.07, 6.45) is 3.48. The standard InChI is InChI=1S/C20H23N9O2/c1-22-20(30)16-14(9-15(26-27-16)25-18(21)11-7-8-11)24-13-6-4-5-12(17(13)31-3)19-23-10-29(2)28-19/h4-6,9-11H,7-8H2,1-3H3,(H,22,30)(H3,21,24,25,26)/i1D3. The van der Waals surface area contributed by atoms with Crippen molar-refractivity contribution in [2.24, 2.45) is 23.7 Å². The van der Waals surface area contributed by atoms with Gasteiger partial charge in [0.05, 0.1) is 24.0 Å². The zero-order chi connectivity index (χ0) is 24.5. The molecule has 1 saturated carbocycles. The molecule has 11 nitrogen and oxygen atoms in total. The number of carbonyl (C=O) groups is 1. The molecule has 4 rings (SSSR count). The number of benzene rings is 1. The van der Waals surface area contributed by atoms with E-state index in [0.29, 0.717) is 28.7 Å². The third-order valence-corrected chi connectivity index (χ3v) is 4.68. The lowest BCUT2D eigenvalue weighted by molar-refractivity contribution is 0.0958. The molecule has 1 aromatic carbocycles. The number of aryl methyl sites for hydroxylation is 1. The van der Waals surface area contributed by atoms with Gasteiger partial charge >= 0.3 is 0 Å². The van der Waals surface area contributed by atoms with E-state index in [1.807, 2.05) is 5.32 Å². The van der Waals surface area contributed by atoms with Gasteiger partial charge in [-0.05, 0) is 25.0 Å². The van der Waals surface area contributed by atoms with Crippen LogP contribution >= 0.6 is 0 Å². The highest BCUT2D eigenvalue weighted by Gasteiger charge is 2.26. The van der Waals surface area contributed by atoms with E-state index in [1.54, 1.807) is 36.3 Å². The predicted octanol–water partition coefficient (Wildman–Crippen LogP) is 1.78. The van der Waals surface area contributed by atoms with Crippen molar-refractivity contribution in [3.63, 3.8) is 0 Å². The Bertz CT molecular complexity index is 1250. The lowest BCUT2D eigenvalue weighted by Crippen LogP contribution is -2.21. The van der Waals surface area contributed by atoms with Gasteiger partial charge in [-0.1, -0.05) is 6.07 Å². The fourth-order valence-corrected chi connectivity index (χ4v) is 3.00. The fourth-order valence-electron chi connectivity index (χ4n) is 3.00. The van der Waals surface area contributed by atoms with Crippen molar-refractivity contribution < 1.29 is 13.6 Å². The van der Waals surface area contributed by atoms with E-state index in [4.69, 9.17) is 14.6 Å². The second kappa shape index (κ2) is 8.38. The molecule has 0 unspecified atom stereocenters. The summed E-state index contributed by atoms with van der Waals surface area (Å²) < 4.78 is 29.2. The lowest BCUT2D eigenvalue weighted by atomic mass is 10.1. The minimum Gasteiger partial charge on any atom is -0.494 e. The van der Waals surface area contributed by atoms with Crippen molar-refractivity contribution in [3.05, 3.63) is 36.3 Å². The molecule has 1 fully saturated rings. The quantitative estimate of drug-likeness (QED) is 0.384. The number of nitrogens with zero attached hydrogens (tertiary/aromatic N) is 6. The van der Waals surface area contributed by atoms with Crippen LogP contribution in [0.2, 0.25) is 0 Å². The maximum atomic E-state index is 12.6. The molecule has 160 valence electrons. The fraction of sp³-hybridized carbons (Fsp3) is 0.300. The summed E-state index contributed by atoms with van der Waals surface area (Å²) in [7, 11) is 3.24. The predicted molar refractivity (Wildman–Crippen MR) is 116 cm³/mol. The molecule has 1 aliphatic rings. The van der Waals surface area contributed by atoms with Crippen molar-refractivity contribution >= 4 is 28.9 Å². The smallest absolute Gasteiger partial charge is 0.273 e. The monoisotopic (exact) mass is 424 g/mol. The highest BCUT2D eigenvalue weighted by molar-refractivity contribution is 5.99. The molecule has 0 aliphatic heterocycles. The average molecular weight is 424 g/mol. The van der Waals surface area contributed by atoms with Crippen molar-refractivity contribution in [1.82, 2.24) is 30.3 Å². The molecule has 11 heteroatoms. The Morgan fingerprint density at radius 3 is 2.87 bits per heavy atom. The highest BCUT2D eigenvalue weighted by Crippen LogP contribution is 2.37. The number of amidine groups is 1. The molecule has 31 heavy (non-hydrogen) atoms. The number of aliphatic imine (C=N–C) groups is 1. The SMILES string of the molecule is [2H]C([2H])([2H])NC(=O)c1nnc(N=C(N)C2CC2)cc1Nc1cccc(-c2ncn(C)n2)c1OC. The second-order valence-electron chi connectivity index (χ2n) is 6.98. The number of amides is 1. The first kappa shape index (κ1) is 16.7. The van der Waals surface area contributed by atoms with Crippen molar-refractivity contribution in [3.8, 4) is 17.1 Å². The summed E-state index contributed by atoms with van der Waals surface area (Å²) in [5, 5.41) is 17.2. The molecule has 3 aromatic rings. The van der Waals surface area contributed by atoms with Gasteiger partial charge in [0.2, 0.25) is 0 Å². The molecule has 0 atom stereocenters. The topological polar surface area (TPSA) is 145 Å². The van der Waals surface area contributed by atoms with E-state index < -0.39 is 12.9 Å². The van der Waals surface area contributed by atoms with Crippen LogP contribution in [0.4, 0.5) is 17.2 Å². The number of para-hydroxylation sites is 1. The van der Waals surface area contributed by atoms with Crippen LogP contribution in [-0.4, -0.2) is 50.8 Å². The van der Waals surface area contributed by atoms with Gasteiger partial charge < -0.3 is 21.1 Å². The zero-order valence-electron chi connectivity index (χ0n) is 20.0. The minimum absolute atomic E-state index is 0.170. The number of anilines is 2. The van der Waals surface area contributed by atoms with Gasteiger partial charge in [-0.2, -0.15) is 5.10 Å². The third kappa shape index (κ3) is 4.29. The third-order valence-electron chi connectivity index (χ3n) is 4.68. The first-order valence-electron chi connectivity index (χ1n) is 11.0. The number of hydrogen-bond donors (Lipinski definition) is 3. The first-order valence-corrected chi connectivity index (χ1v) is 9.49. The van der Waals surface area contributed by atoms with Crippen LogP contribution < -0.4 is 21.1 Å². The number of ether oxygens (including phenoxy) is 1. The van der Waals surface area contributed by atoms with E-state index in [2.05, 4.69) is 30.6 Å². The summed E-state index contributed by atoms with van der Waals surface area (Å²) in [6.45, 7) is -2.70. The van der Waals surface area contributed by atoms with Crippen LogP contribution in [0.5, 0.6) is 5.75 Å². The Labute approximate surface area is 183 Å². The second-order valence-corrected chi connectivity index (χ2v) is 6.98. The number of methoxy groups -OCH3 is 1. The Morgan fingerprint density at radius 1 is 1.35 bits per heavy atom. The van der Waals surface area contributed by atoms with Gasteiger partial charge in [0.1, 0.15) is 12.2 Å². The molecule has 4 N–H and O–H groups in total. The molecule has 0 radical (unpaired) electrons. The van der Waals surface area contributed by atoms with Crippen LogP contribution in [0.1, 0.15) is 27.4 Å². The number of rotatable bonds is 7. The molecule has 1 amide bonds. The molecular weight excluding hydrogens is 398 g/mol. The van der Waals surface area contributed by atoms with Gasteiger partial charge in [-0.15, -0.1) is 10.2 Å². The van der Waals surface area contributed by atoms with E-state index in [1.165, 1.54) is 13.2 Å². The summed E-state index contributed by atoms with van der Waals surface area (Å²) in [4.78, 5) is 21.2. The van der Waals surface area contributed by atoms with Crippen LogP contribution in [0.3, 0.4) is 0 Å². The maximum Gasteiger partial charge on any atom is 0.273 e. The Morgan fingerprint density at radius 2 is 2.19 bits per heavy atom. The normalized spacial score (nSPS) is 15.5.